The maximum Gasteiger partial charge on any atom is 0.214 e. The van der Waals surface area contributed by atoms with E-state index in [1.807, 2.05) is 6.92 Å². The van der Waals surface area contributed by atoms with Gasteiger partial charge in [0.25, 0.3) is 0 Å². The number of hydrogen-bond donors (Lipinski definition) is 2. The summed E-state index contributed by atoms with van der Waals surface area (Å²) in [6.07, 6.45) is 1.43. The summed E-state index contributed by atoms with van der Waals surface area (Å²) in [6.45, 7) is 2.10. The van der Waals surface area contributed by atoms with Gasteiger partial charge in [0.2, 0.25) is 10.0 Å². The van der Waals surface area contributed by atoms with E-state index < -0.39 is 16.1 Å². The lowest BCUT2D eigenvalue weighted by Gasteiger charge is -2.16. The Morgan fingerprint density at radius 1 is 1.60 bits per heavy atom. The molecule has 0 aliphatic heterocycles. The standard InChI is InChI=1S/C8H18N2O3S2/c1-3-4-7(8(9)14)10-15(11,12)6-5-13-2/h7,10H,3-6H2,1-2H3,(H2,9,14). The Morgan fingerprint density at radius 2 is 2.20 bits per heavy atom. The molecular formula is C8H18N2O3S2. The smallest absolute Gasteiger partial charge is 0.214 e. The van der Waals surface area contributed by atoms with Crippen LogP contribution in [0.15, 0.2) is 0 Å². The minimum absolute atomic E-state index is 0.0771. The zero-order valence-corrected chi connectivity index (χ0v) is 10.7. The Bertz CT molecular complexity index is 290. The first-order valence-electron chi connectivity index (χ1n) is 4.71. The lowest BCUT2D eigenvalue weighted by molar-refractivity contribution is 0.217. The summed E-state index contributed by atoms with van der Waals surface area (Å²) in [5.41, 5.74) is 5.43. The fraction of sp³-hybridized carbons (Fsp3) is 0.875. The average molecular weight is 254 g/mol. The maximum atomic E-state index is 11.5. The molecule has 0 saturated heterocycles. The van der Waals surface area contributed by atoms with Crippen LogP contribution in [-0.4, -0.2) is 38.9 Å². The van der Waals surface area contributed by atoms with Gasteiger partial charge in [0.15, 0.2) is 0 Å². The van der Waals surface area contributed by atoms with Crippen LogP contribution in [0.5, 0.6) is 0 Å². The summed E-state index contributed by atoms with van der Waals surface area (Å²) < 4.78 is 30.1. The molecule has 0 aromatic heterocycles. The molecule has 90 valence electrons. The Labute approximate surface area is 96.4 Å². The van der Waals surface area contributed by atoms with Crippen LogP contribution in [0.2, 0.25) is 0 Å². The average Bonchev–Trinajstić information content (AvgIpc) is 2.14. The van der Waals surface area contributed by atoms with Gasteiger partial charge in [-0.05, 0) is 6.42 Å². The van der Waals surface area contributed by atoms with Crippen LogP contribution >= 0.6 is 12.2 Å². The first-order valence-corrected chi connectivity index (χ1v) is 6.77. The molecule has 15 heavy (non-hydrogen) atoms. The monoisotopic (exact) mass is 254 g/mol. The van der Waals surface area contributed by atoms with Gasteiger partial charge >= 0.3 is 0 Å². The number of hydrogen-bond acceptors (Lipinski definition) is 4. The zero-order valence-electron chi connectivity index (χ0n) is 9.02. The van der Waals surface area contributed by atoms with Crippen molar-refractivity contribution in [2.24, 2.45) is 5.73 Å². The number of thiocarbonyl (C=S) groups is 1. The summed E-state index contributed by atoms with van der Waals surface area (Å²) in [6, 6.07) is -0.452. The molecule has 7 heteroatoms. The molecule has 0 aliphatic rings. The second kappa shape index (κ2) is 7.10. The highest BCUT2D eigenvalue weighted by Gasteiger charge is 2.18. The molecule has 0 radical (unpaired) electrons. The number of nitrogens with one attached hydrogen (secondary N) is 1. The Balaban J connectivity index is 4.32. The van der Waals surface area contributed by atoms with Gasteiger partial charge in [-0.25, -0.2) is 13.1 Å². The van der Waals surface area contributed by atoms with Gasteiger partial charge in [0.1, 0.15) is 0 Å². The summed E-state index contributed by atoms with van der Waals surface area (Å²) >= 11 is 4.78. The molecule has 1 unspecified atom stereocenters. The summed E-state index contributed by atoms with van der Waals surface area (Å²) in [7, 11) is -1.90. The summed E-state index contributed by atoms with van der Waals surface area (Å²) in [5.74, 6) is -0.0771. The maximum absolute atomic E-state index is 11.5. The normalized spacial score (nSPS) is 13.7. The van der Waals surface area contributed by atoms with Crippen LogP contribution in [0.4, 0.5) is 0 Å². The molecule has 0 aromatic carbocycles. The third-order valence-electron chi connectivity index (χ3n) is 1.80. The number of methoxy groups -OCH3 is 1. The van der Waals surface area contributed by atoms with Crippen molar-refractivity contribution in [1.82, 2.24) is 4.72 Å². The van der Waals surface area contributed by atoms with E-state index in [1.165, 1.54) is 7.11 Å². The van der Waals surface area contributed by atoms with Gasteiger partial charge in [0.05, 0.1) is 23.4 Å². The van der Waals surface area contributed by atoms with Crippen LogP contribution in [0.3, 0.4) is 0 Å². The zero-order chi connectivity index (χ0) is 11.9. The van der Waals surface area contributed by atoms with Crippen molar-refractivity contribution < 1.29 is 13.2 Å². The van der Waals surface area contributed by atoms with Crippen molar-refractivity contribution in [2.45, 2.75) is 25.8 Å². The van der Waals surface area contributed by atoms with Gasteiger partial charge < -0.3 is 10.5 Å². The van der Waals surface area contributed by atoms with E-state index in [2.05, 4.69) is 4.72 Å². The fourth-order valence-electron chi connectivity index (χ4n) is 1.02. The lowest BCUT2D eigenvalue weighted by atomic mass is 10.2. The molecule has 1 atom stereocenters. The molecule has 3 N–H and O–H groups in total. The van der Waals surface area contributed by atoms with E-state index in [9.17, 15) is 8.42 Å². The highest BCUT2D eigenvalue weighted by atomic mass is 32.2. The van der Waals surface area contributed by atoms with E-state index in [0.29, 0.717) is 6.42 Å². The Morgan fingerprint density at radius 3 is 2.60 bits per heavy atom. The van der Waals surface area contributed by atoms with Crippen LogP contribution in [0.1, 0.15) is 19.8 Å². The number of rotatable bonds is 8. The molecule has 0 rings (SSSR count). The Hall–Kier alpha value is -0.240. The van der Waals surface area contributed by atoms with E-state index in [0.717, 1.165) is 6.42 Å². The van der Waals surface area contributed by atoms with Gasteiger partial charge in [-0.15, -0.1) is 0 Å². The van der Waals surface area contributed by atoms with Crippen LogP contribution in [0, 0.1) is 0 Å². The predicted molar refractivity (Wildman–Crippen MR) is 64.3 cm³/mol. The summed E-state index contributed by atoms with van der Waals surface area (Å²) in [4.78, 5) is 0.179. The SMILES string of the molecule is CCCC(NS(=O)(=O)CCOC)C(N)=S. The van der Waals surface area contributed by atoms with E-state index in [-0.39, 0.29) is 17.3 Å². The van der Waals surface area contributed by atoms with Crippen molar-refractivity contribution in [3.8, 4) is 0 Å². The molecule has 0 bridgehead atoms. The van der Waals surface area contributed by atoms with Crippen molar-refractivity contribution in [1.29, 1.82) is 0 Å². The van der Waals surface area contributed by atoms with Crippen molar-refractivity contribution in [3.63, 3.8) is 0 Å². The molecule has 0 fully saturated rings. The molecule has 0 heterocycles. The highest BCUT2D eigenvalue weighted by Crippen LogP contribution is 2.00. The minimum atomic E-state index is -3.35. The van der Waals surface area contributed by atoms with Crippen molar-refractivity contribution in [3.05, 3.63) is 0 Å². The molecular weight excluding hydrogens is 236 g/mol. The molecule has 0 spiro atoms. The van der Waals surface area contributed by atoms with E-state index in [4.69, 9.17) is 22.7 Å². The van der Waals surface area contributed by atoms with Gasteiger partial charge in [-0.1, -0.05) is 25.6 Å². The van der Waals surface area contributed by atoms with E-state index >= 15 is 0 Å². The summed E-state index contributed by atoms with van der Waals surface area (Å²) in [5, 5.41) is 0. The van der Waals surface area contributed by atoms with Crippen molar-refractivity contribution in [2.75, 3.05) is 19.5 Å². The topological polar surface area (TPSA) is 81.4 Å². The van der Waals surface area contributed by atoms with Crippen LogP contribution < -0.4 is 10.5 Å². The lowest BCUT2D eigenvalue weighted by Crippen LogP contribution is -2.44. The first-order chi connectivity index (χ1) is 6.93. The third-order valence-corrected chi connectivity index (χ3v) is 3.43. The second-order valence-electron chi connectivity index (χ2n) is 3.17. The Kier molecular flexibility index (Phi) is 6.99. The number of sulfonamides is 1. The number of ether oxygens (including phenoxy) is 1. The third kappa shape index (κ3) is 6.77. The van der Waals surface area contributed by atoms with Gasteiger partial charge in [-0.3, -0.25) is 0 Å². The largest absolute Gasteiger partial charge is 0.392 e. The van der Waals surface area contributed by atoms with Crippen molar-refractivity contribution >= 4 is 27.2 Å². The van der Waals surface area contributed by atoms with Gasteiger partial charge in [-0.2, -0.15) is 0 Å². The van der Waals surface area contributed by atoms with Crippen LogP contribution in [-0.2, 0) is 14.8 Å². The highest BCUT2D eigenvalue weighted by molar-refractivity contribution is 7.89. The molecule has 0 aliphatic carbocycles. The molecule has 0 saturated carbocycles. The minimum Gasteiger partial charge on any atom is -0.392 e. The quantitative estimate of drug-likeness (QED) is 0.596. The van der Waals surface area contributed by atoms with Gasteiger partial charge in [0, 0.05) is 7.11 Å². The molecule has 0 aromatic rings. The second-order valence-corrected chi connectivity index (χ2v) is 5.52. The first kappa shape index (κ1) is 14.8. The molecule has 5 nitrogen and oxygen atoms in total. The van der Waals surface area contributed by atoms with E-state index in [1.54, 1.807) is 0 Å². The predicted octanol–water partition coefficient (Wildman–Crippen LogP) is 0.00700. The van der Waals surface area contributed by atoms with Crippen LogP contribution in [0.25, 0.3) is 0 Å². The fourth-order valence-corrected chi connectivity index (χ4v) is 2.45. The number of nitrogens with two attached hydrogens (primary N) is 1. The molecule has 0 amide bonds.